The first-order valence-electron chi connectivity index (χ1n) is 5.25. The van der Waals surface area contributed by atoms with Crippen LogP contribution >= 0.6 is 0 Å². The van der Waals surface area contributed by atoms with Gasteiger partial charge in [-0.15, -0.1) is 0 Å². The average Bonchev–Trinajstić information content (AvgIpc) is 2.88. The third-order valence-electron chi connectivity index (χ3n) is 2.25. The Morgan fingerprint density at radius 1 is 1.28 bits per heavy atom. The molecule has 0 fully saturated rings. The number of H-pyrrole nitrogens is 1. The summed E-state index contributed by atoms with van der Waals surface area (Å²) in [6.07, 6.45) is 6.01. The smallest absolute Gasteiger partial charge is 0.180 e. The minimum absolute atomic E-state index is 0. The number of anilines is 1. The zero-order valence-corrected chi connectivity index (χ0v) is 9.54. The number of nitrogens with one attached hydrogen (secondary N) is 2. The van der Waals surface area contributed by atoms with E-state index >= 15 is 0 Å². The summed E-state index contributed by atoms with van der Waals surface area (Å²) in [5, 5.41) is 6.88. The number of hydrogen-bond acceptors (Lipinski definition) is 5. The van der Waals surface area contributed by atoms with Crippen LogP contribution in [0.25, 0.3) is 11.2 Å². The molecule has 0 saturated carbocycles. The maximum Gasteiger partial charge on any atom is 0.180 e. The number of imidazole rings is 1. The average molecular weight is 244 g/mol. The Morgan fingerprint density at radius 3 is 2.78 bits per heavy atom. The fourth-order valence-corrected chi connectivity index (χ4v) is 1.33. The molecule has 0 unspecified atom stereocenters. The van der Waals surface area contributed by atoms with E-state index < -0.39 is 0 Å². The number of hydrogen-bond donors (Lipinski definition) is 3. The number of aromatic amines is 1. The molecule has 0 amide bonds. The number of nitrogens with zero attached hydrogens (tertiary/aromatic N) is 3. The summed E-state index contributed by atoms with van der Waals surface area (Å²) in [6, 6.07) is 7.29. The standard InChI is InChI=1S/C7H8N2.C5H4N4.2H2/c8-5-6-3-1-2-4-7(6)9;1-4-5(8-2-6-1)9-3-7-4;;/h1-5,8H,9H2;1-3H,(H,6,7,8,9);2*1H. The number of fused-ring (bicyclic) bond motifs is 1. The first-order chi connectivity index (χ1) is 8.81. The highest BCUT2D eigenvalue weighted by Gasteiger charge is 1.91. The Bertz CT molecular complexity index is 625. The third-order valence-corrected chi connectivity index (χ3v) is 2.25. The minimum atomic E-state index is 0. The monoisotopic (exact) mass is 244 g/mol. The summed E-state index contributed by atoms with van der Waals surface area (Å²) in [5.74, 6) is 0. The molecule has 0 radical (unpaired) electrons. The van der Waals surface area contributed by atoms with Gasteiger partial charge in [0.05, 0.1) is 12.5 Å². The van der Waals surface area contributed by atoms with Gasteiger partial charge >= 0.3 is 0 Å². The number of aromatic nitrogens is 4. The van der Waals surface area contributed by atoms with Crippen LogP contribution < -0.4 is 5.73 Å². The second kappa shape index (κ2) is 5.53. The molecular formula is C12H16N6. The normalized spacial score (nSPS) is 9.56. The van der Waals surface area contributed by atoms with Gasteiger partial charge in [0.15, 0.2) is 5.65 Å². The molecule has 94 valence electrons. The van der Waals surface area contributed by atoms with Crippen molar-refractivity contribution in [1.29, 1.82) is 5.41 Å². The SMILES string of the molecule is N=Cc1ccccc1N.[HH].[HH].c1ncc2[nH]cnc2n1. The second-order valence-electron chi connectivity index (χ2n) is 3.44. The fourth-order valence-electron chi connectivity index (χ4n) is 1.33. The quantitative estimate of drug-likeness (QED) is 0.450. The molecule has 1 aromatic carbocycles. The van der Waals surface area contributed by atoms with E-state index in [4.69, 9.17) is 11.1 Å². The van der Waals surface area contributed by atoms with Crippen LogP contribution in [0.15, 0.2) is 43.1 Å². The van der Waals surface area contributed by atoms with Gasteiger partial charge in [0.2, 0.25) is 0 Å². The molecule has 0 aliphatic rings. The molecule has 0 spiro atoms. The van der Waals surface area contributed by atoms with Crippen molar-refractivity contribution in [3.05, 3.63) is 48.7 Å². The Balaban J connectivity index is 0.000000328. The predicted molar refractivity (Wildman–Crippen MR) is 74.7 cm³/mol. The maximum absolute atomic E-state index is 6.88. The molecule has 0 atom stereocenters. The molecule has 2 heterocycles. The molecule has 3 aromatic rings. The van der Waals surface area contributed by atoms with Gasteiger partial charge in [0, 0.05) is 20.3 Å². The molecule has 0 bridgehead atoms. The van der Waals surface area contributed by atoms with Crippen LogP contribution in [0, 0.1) is 5.41 Å². The Kier molecular flexibility index (Phi) is 3.60. The van der Waals surface area contributed by atoms with Crippen LogP contribution in [0.4, 0.5) is 5.69 Å². The molecule has 0 aliphatic carbocycles. The zero-order valence-electron chi connectivity index (χ0n) is 9.54. The highest BCUT2D eigenvalue weighted by Crippen LogP contribution is 2.05. The topological polar surface area (TPSA) is 104 Å². The van der Waals surface area contributed by atoms with Gasteiger partial charge in [-0.2, -0.15) is 0 Å². The number of para-hydroxylation sites is 1. The van der Waals surface area contributed by atoms with Gasteiger partial charge < -0.3 is 16.1 Å². The van der Waals surface area contributed by atoms with Crippen LogP contribution in [0.2, 0.25) is 0 Å². The van der Waals surface area contributed by atoms with Gasteiger partial charge in [-0.1, -0.05) is 18.2 Å². The highest BCUT2D eigenvalue weighted by molar-refractivity contribution is 5.84. The van der Waals surface area contributed by atoms with E-state index in [1.807, 2.05) is 18.2 Å². The van der Waals surface area contributed by atoms with E-state index in [9.17, 15) is 0 Å². The van der Waals surface area contributed by atoms with Gasteiger partial charge in [0.25, 0.3) is 0 Å². The number of nitrogen functional groups attached to an aromatic ring is 1. The second-order valence-corrected chi connectivity index (χ2v) is 3.44. The highest BCUT2D eigenvalue weighted by atomic mass is 15.0. The van der Waals surface area contributed by atoms with E-state index in [1.165, 1.54) is 12.5 Å². The van der Waals surface area contributed by atoms with Crippen molar-refractivity contribution in [3.8, 4) is 0 Å². The summed E-state index contributed by atoms with van der Waals surface area (Å²) in [4.78, 5) is 14.5. The van der Waals surface area contributed by atoms with Crippen LogP contribution in [-0.4, -0.2) is 26.2 Å². The van der Waals surface area contributed by atoms with E-state index in [0.717, 1.165) is 11.1 Å². The largest absolute Gasteiger partial charge is 0.398 e. The van der Waals surface area contributed by atoms with Crippen LogP contribution in [0.5, 0.6) is 0 Å². The van der Waals surface area contributed by atoms with Crippen molar-refractivity contribution in [2.24, 2.45) is 0 Å². The summed E-state index contributed by atoms with van der Waals surface area (Å²) >= 11 is 0. The minimum Gasteiger partial charge on any atom is -0.398 e. The first kappa shape index (κ1) is 11.7. The molecule has 0 aliphatic heterocycles. The summed E-state index contributed by atoms with van der Waals surface area (Å²) in [5.41, 5.74) is 8.50. The Hall–Kier alpha value is -2.76. The van der Waals surface area contributed by atoms with Crippen LogP contribution in [0.1, 0.15) is 8.42 Å². The molecule has 0 saturated heterocycles. The van der Waals surface area contributed by atoms with Crippen molar-refractivity contribution < 1.29 is 2.85 Å². The first-order valence-corrected chi connectivity index (χ1v) is 5.25. The van der Waals surface area contributed by atoms with Gasteiger partial charge in [-0.25, -0.2) is 15.0 Å². The zero-order chi connectivity index (χ0) is 12.8. The van der Waals surface area contributed by atoms with Gasteiger partial charge in [0.1, 0.15) is 11.8 Å². The molecule has 6 nitrogen and oxygen atoms in total. The van der Waals surface area contributed by atoms with E-state index in [0.29, 0.717) is 11.3 Å². The van der Waals surface area contributed by atoms with Crippen molar-refractivity contribution in [2.45, 2.75) is 0 Å². The maximum atomic E-state index is 6.88. The number of rotatable bonds is 1. The summed E-state index contributed by atoms with van der Waals surface area (Å²) in [7, 11) is 0. The Labute approximate surface area is 106 Å². The van der Waals surface area contributed by atoms with Crippen LogP contribution in [-0.2, 0) is 0 Å². The predicted octanol–water partition coefficient (Wildman–Crippen LogP) is 2.11. The lowest BCUT2D eigenvalue weighted by Crippen LogP contribution is -1.90. The van der Waals surface area contributed by atoms with Crippen molar-refractivity contribution in [2.75, 3.05) is 5.73 Å². The molecule has 3 rings (SSSR count). The van der Waals surface area contributed by atoms with Crippen molar-refractivity contribution in [3.63, 3.8) is 0 Å². The Morgan fingerprint density at radius 2 is 2.11 bits per heavy atom. The lowest BCUT2D eigenvalue weighted by molar-refractivity contribution is 1.20. The number of benzene rings is 1. The molecule has 4 N–H and O–H groups in total. The van der Waals surface area contributed by atoms with Crippen molar-refractivity contribution in [1.82, 2.24) is 19.9 Å². The van der Waals surface area contributed by atoms with Crippen molar-refractivity contribution >= 4 is 23.1 Å². The molecule has 6 heteroatoms. The summed E-state index contributed by atoms with van der Waals surface area (Å²) < 4.78 is 0. The lowest BCUT2D eigenvalue weighted by atomic mass is 10.2. The summed E-state index contributed by atoms with van der Waals surface area (Å²) in [6.45, 7) is 0. The van der Waals surface area contributed by atoms with Crippen LogP contribution in [0.3, 0.4) is 0 Å². The fraction of sp³-hybridized carbons (Fsp3) is 0. The molecular weight excluding hydrogens is 228 g/mol. The molecule has 2 aromatic heterocycles. The third kappa shape index (κ3) is 2.67. The van der Waals surface area contributed by atoms with E-state index in [2.05, 4.69) is 19.9 Å². The van der Waals surface area contributed by atoms with E-state index in [-0.39, 0.29) is 2.85 Å². The number of nitrogens with two attached hydrogens (primary N) is 1. The lowest BCUT2D eigenvalue weighted by Gasteiger charge is -1.94. The molecule has 18 heavy (non-hydrogen) atoms. The van der Waals surface area contributed by atoms with Gasteiger partial charge in [-0.3, -0.25) is 0 Å². The van der Waals surface area contributed by atoms with Gasteiger partial charge in [-0.05, 0) is 6.07 Å². The van der Waals surface area contributed by atoms with E-state index in [1.54, 1.807) is 18.6 Å².